The highest BCUT2D eigenvalue weighted by molar-refractivity contribution is 5.92. The van der Waals surface area contributed by atoms with Crippen molar-refractivity contribution in [1.82, 2.24) is 9.47 Å². The van der Waals surface area contributed by atoms with Crippen molar-refractivity contribution in [3.63, 3.8) is 0 Å². The molecule has 4 nitrogen and oxygen atoms in total. The highest BCUT2D eigenvalue weighted by atomic mass is 16.2. The first-order valence-corrected chi connectivity index (χ1v) is 6.83. The normalized spacial score (nSPS) is 18.9. The lowest BCUT2D eigenvalue weighted by atomic mass is 9.91. The molecule has 2 heterocycles. The van der Waals surface area contributed by atoms with Crippen molar-refractivity contribution >= 4 is 5.91 Å². The van der Waals surface area contributed by atoms with Gasteiger partial charge in [0.2, 0.25) is 0 Å². The quantitative estimate of drug-likeness (QED) is 0.886. The van der Waals surface area contributed by atoms with Crippen LogP contribution in [0.2, 0.25) is 0 Å². The number of rotatable bonds is 3. The molecule has 4 heteroatoms. The van der Waals surface area contributed by atoms with E-state index in [4.69, 9.17) is 5.73 Å². The van der Waals surface area contributed by atoms with E-state index in [0.29, 0.717) is 5.92 Å². The van der Waals surface area contributed by atoms with Crippen molar-refractivity contribution in [2.75, 3.05) is 13.1 Å². The van der Waals surface area contributed by atoms with Gasteiger partial charge in [0.1, 0.15) is 5.69 Å². The van der Waals surface area contributed by atoms with Crippen molar-refractivity contribution in [2.24, 2.45) is 11.7 Å². The number of likely N-dealkylation sites (tertiary alicyclic amines) is 1. The molecular formula is C14H23N3O. The Balaban J connectivity index is 2.00. The standard InChI is InChI=1S/C14H23N3O/c1-3-16-8-4-5-13(16)14(18)17-9-6-12(7-10-17)11(2)15/h4-5,8,11-12H,3,6-7,9-10,15H2,1-2H3. The maximum Gasteiger partial charge on any atom is 0.270 e. The molecule has 1 aromatic rings. The van der Waals surface area contributed by atoms with Gasteiger partial charge in [-0.05, 0) is 44.7 Å². The molecule has 0 aliphatic carbocycles. The summed E-state index contributed by atoms with van der Waals surface area (Å²) in [6, 6.07) is 4.08. The Morgan fingerprint density at radius 3 is 2.72 bits per heavy atom. The van der Waals surface area contributed by atoms with Gasteiger partial charge in [-0.3, -0.25) is 4.79 Å². The van der Waals surface area contributed by atoms with Crippen molar-refractivity contribution in [2.45, 2.75) is 39.3 Å². The zero-order chi connectivity index (χ0) is 13.1. The van der Waals surface area contributed by atoms with Gasteiger partial charge in [0.05, 0.1) is 0 Å². The van der Waals surface area contributed by atoms with E-state index in [2.05, 4.69) is 13.8 Å². The van der Waals surface area contributed by atoms with Gasteiger partial charge >= 0.3 is 0 Å². The molecule has 2 N–H and O–H groups in total. The van der Waals surface area contributed by atoms with Gasteiger partial charge in [0.25, 0.3) is 5.91 Å². The van der Waals surface area contributed by atoms with Crippen molar-refractivity contribution in [3.05, 3.63) is 24.0 Å². The third kappa shape index (κ3) is 2.58. The van der Waals surface area contributed by atoms with Crippen molar-refractivity contribution < 1.29 is 4.79 Å². The lowest BCUT2D eigenvalue weighted by Gasteiger charge is -2.33. The van der Waals surface area contributed by atoms with Crippen LogP contribution in [-0.2, 0) is 6.54 Å². The molecule has 2 rings (SSSR count). The van der Waals surface area contributed by atoms with E-state index in [1.807, 2.05) is 27.8 Å². The minimum atomic E-state index is 0.157. The molecule has 1 atom stereocenters. The summed E-state index contributed by atoms with van der Waals surface area (Å²) < 4.78 is 2.00. The highest BCUT2D eigenvalue weighted by Crippen LogP contribution is 2.21. The Labute approximate surface area is 109 Å². The van der Waals surface area contributed by atoms with Crippen LogP contribution in [-0.4, -0.2) is 34.5 Å². The molecule has 1 aliphatic rings. The van der Waals surface area contributed by atoms with Crippen LogP contribution in [0.25, 0.3) is 0 Å². The Morgan fingerprint density at radius 2 is 2.17 bits per heavy atom. The van der Waals surface area contributed by atoms with Crippen LogP contribution < -0.4 is 5.73 Å². The third-order valence-corrected chi connectivity index (χ3v) is 3.96. The van der Waals surface area contributed by atoms with Crippen molar-refractivity contribution in [1.29, 1.82) is 0 Å². The lowest BCUT2D eigenvalue weighted by Crippen LogP contribution is -2.43. The van der Waals surface area contributed by atoms with E-state index in [-0.39, 0.29) is 11.9 Å². The molecule has 1 saturated heterocycles. The minimum absolute atomic E-state index is 0.157. The molecule has 0 spiro atoms. The van der Waals surface area contributed by atoms with E-state index in [1.165, 1.54) is 0 Å². The van der Waals surface area contributed by atoms with Gasteiger partial charge in [0, 0.05) is 31.9 Å². The molecular weight excluding hydrogens is 226 g/mol. The average Bonchev–Trinajstić information content (AvgIpc) is 2.86. The highest BCUT2D eigenvalue weighted by Gasteiger charge is 2.26. The predicted octanol–water partition coefficient (Wildman–Crippen LogP) is 1.71. The fourth-order valence-corrected chi connectivity index (χ4v) is 2.67. The maximum atomic E-state index is 12.4. The van der Waals surface area contributed by atoms with Crippen LogP contribution in [0.3, 0.4) is 0 Å². The van der Waals surface area contributed by atoms with Gasteiger partial charge in [-0.1, -0.05) is 0 Å². The topological polar surface area (TPSA) is 51.3 Å². The summed E-state index contributed by atoms with van der Waals surface area (Å²) in [6.07, 6.45) is 4.01. The Morgan fingerprint density at radius 1 is 1.50 bits per heavy atom. The van der Waals surface area contributed by atoms with Gasteiger partial charge in [0.15, 0.2) is 0 Å². The Hall–Kier alpha value is -1.29. The summed E-state index contributed by atoms with van der Waals surface area (Å²) in [7, 11) is 0. The first kappa shape index (κ1) is 13.1. The lowest BCUT2D eigenvalue weighted by molar-refractivity contribution is 0.0670. The predicted molar refractivity (Wildman–Crippen MR) is 72.4 cm³/mol. The van der Waals surface area contributed by atoms with Gasteiger partial charge in [-0.15, -0.1) is 0 Å². The van der Waals surface area contributed by atoms with Crippen LogP contribution in [0.5, 0.6) is 0 Å². The fraction of sp³-hybridized carbons (Fsp3) is 0.643. The number of carbonyl (C=O) groups is 1. The van der Waals surface area contributed by atoms with Gasteiger partial charge < -0.3 is 15.2 Å². The number of hydrogen-bond donors (Lipinski definition) is 1. The molecule has 0 radical (unpaired) electrons. The number of amides is 1. The molecule has 18 heavy (non-hydrogen) atoms. The molecule has 0 saturated carbocycles. The van der Waals surface area contributed by atoms with Crippen molar-refractivity contribution in [3.8, 4) is 0 Å². The fourth-order valence-electron chi connectivity index (χ4n) is 2.67. The first-order valence-electron chi connectivity index (χ1n) is 6.83. The zero-order valence-corrected chi connectivity index (χ0v) is 11.3. The summed E-state index contributed by atoms with van der Waals surface area (Å²) in [6.45, 7) is 6.62. The maximum absolute atomic E-state index is 12.4. The van der Waals surface area contributed by atoms with Crippen LogP contribution in [0.1, 0.15) is 37.2 Å². The van der Waals surface area contributed by atoms with E-state index in [0.717, 1.165) is 38.2 Å². The summed E-state index contributed by atoms with van der Waals surface area (Å²) in [5, 5.41) is 0. The summed E-state index contributed by atoms with van der Waals surface area (Å²) in [5.41, 5.74) is 6.72. The third-order valence-electron chi connectivity index (χ3n) is 3.96. The van der Waals surface area contributed by atoms with Crippen LogP contribution in [0.4, 0.5) is 0 Å². The number of aromatic nitrogens is 1. The SMILES string of the molecule is CCn1cccc1C(=O)N1CCC(C(C)N)CC1. The summed E-state index contributed by atoms with van der Waals surface area (Å²) in [4.78, 5) is 14.3. The second-order valence-corrected chi connectivity index (χ2v) is 5.17. The second-order valence-electron chi connectivity index (χ2n) is 5.17. The molecule has 100 valence electrons. The molecule has 1 unspecified atom stereocenters. The monoisotopic (exact) mass is 249 g/mol. The number of carbonyl (C=O) groups excluding carboxylic acids is 1. The minimum Gasteiger partial charge on any atom is -0.344 e. The van der Waals surface area contributed by atoms with Gasteiger partial charge in [-0.25, -0.2) is 0 Å². The van der Waals surface area contributed by atoms with Crippen LogP contribution >= 0.6 is 0 Å². The van der Waals surface area contributed by atoms with Gasteiger partial charge in [-0.2, -0.15) is 0 Å². The number of piperidine rings is 1. The average molecular weight is 249 g/mol. The summed E-state index contributed by atoms with van der Waals surface area (Å²) in [5.74, 6) is 0.719. The number of aryl methyl sites for hydroxylation is 1. The molecule has 1 amide bonds. The molecule has 1 fully saturated rings. The second kappa shape index (κ2) is 5.57. The largest absolute Gasteiger partial charge is 0.344 e. The smallest absolute Gasteiger partial charge is 0.270 e. The molecule has 1 aromatic heterocycles. The van der Waals surface area contributed by atoms with E-state index in [1.54, 1.807) is 0 Å². The Kier molecular flexibility index (Phi) is 4.07. The molecule has 1 aliphatic heterocycles. The zero-order valence-electron chi connectivity index (χ0n) is 11.3. The number of nitrogens with zero attached hydrogens (tertiary/aromatic N) is 2. The van der Waals surface area contributed by atoms with E-state index in [9.17, 15) is 4.79 Å². The van der Waals surface area contributed by atoms with E-state index < -0.39 is 0 Å². The molecule has 0 bridgehead atoms. The van der Waals surface area contributed by atoms with Crippen LogP contribution in [0.15, 0.2) is 18.3 Å². The number of hydrogen-bond acceptors (Lipinski definition) is 2. The van der Waals surface area contributed by atoms with E-state index >= 15 is 0 Å². The number of nitrogens with two attached hydrogens (primary N) is 1. The van der Waals surface area contributed by atoms with Crippen LogP contribution in [0, 0.1) is 5.92 Å². The first-order chi connectivity index (χ1) is 8.63. The molecule has 0 aromatic carbocycles. The summed E-state index contributed by atoms with van der Waals surface area (Å²) >= 11 is 0. The Bertz CT molecular complexity index is 403.